The van der Waals surface area contributed by atoms with Gasteiger partial charge >= 0.3 is 26.7 Å². The summed E-state index contributed by atoms with van der Waals surface area (Å²) >= 11 is 0. The Morgan fingerprint density at radius 1 is 1.33 bits per heavy atom. The van der Waals surface area contributed by atoms with Crippen LogP contribution in [0.4, 0.5) is 0 Å². The number of phosphoric ester groups is 1. The summed E-state index contributed by atoms with van der Waals surface area (Å²) in [6, 6.07) is 5.22. The van der Waals surface area contributed by atoms with Crippen molar-refractivity contribution >= 4 is 7.82 Å². The molecule has 0 saturated carbocycles. The van der Waals surface area contributed by atoms with E-state index in [4.69, 9.17) is 4.52 Å². The molecule has 1 atom stereocenters. The maximum atomic E-state index is 11.0. The second-order valence-electron chi connectivity index (χ2n) is 2.99. The van der Waals surface area contributed by atoms with Crippen LogP contribution in [0.15, 0.2) is 18.2 Å². The van der Waals surface area contributed by atoms with Gasteiger partial charge in [0.25, 0.3) is 0 Å². The molecule has 0 fully saturated rings. The third kappa shape index (κ3) is 4.42. The van der Waals surface area contributed by atoms with Crippen molar-refractivity contribution in [2.24, 2.45) is 0 Å². The van der Waals surface area contributed by atoms with Crippen molar-refractivity contribution in [2.45, 2.75) is 13.8 Å². The zero-order chi connectivity index (χ0) is 10.8. The molecule has 0 saturated heterocycles. The third-order valence-corrected chi connectivity index (χ3v) is 2.63. The van der Waals surface area contributed by atoms with Crippen LogP contribution in [0, 0.1) is 13.8 Å². The van der Waals surface area contributed by atoms with Crippen molar-refractivity contribution in [2.75, 3.05) is 7.11 Å². The third-order valence-electron chi connectivity index (χ3n) is 1.76. The molecule has 0 aliphatic heterocycles. The van der Waals surface area contributed by atoms with Crippen LogP contribution in [0.5, 0.6) is 5.75 Å². The van der Waals surface area contributed by atoms with E-state index in [-0.39, 0.29) is 18.9 Å². The molecule has 0 spiro atoms. The first-order valence-corrected chi connectivity index (χ1v) is 5.54. The van der Waals surface area contributed by atoms with E-state index in [1.807, 2.05) is 13.0 Å². The van der Waals surface area contributed by atoms with Gasteiger partial charge in [-0.05, 0) is 25.5 Å². The summed E-state index contributed by atoms with van der Waals surface area (Å²) in [5.74, 6) is 0.302. The Labute approximate surface area is 101 Å². The molecule has 0 radical (unpaired) electrons. The second-order valence-corrected chi connectivity index (χ2v) is 4.43. The van der Waals surface area contributed by atoms with Gasteiger partial charge in [-0.15, -0.1) is 0 Å². The molecule has 6 heteroatoms. The van der Waals surface area contributed by atoms with E-state index < -0.39 is 7.82 Å². The molecule has 1 unspecified atom stereocenters. The molecule has 15 heavy (non-hydrogen) atoms. The zero-order valence-corrected chi connectivity index (χ0v) is 10.2. The zero-order valence-electron chi connectivity index (χ0n) is 9.31. The van der Waals surface area contributed by atoms with Crippen LogP contribution < -0.4 is 28.3 Å². The van der Waals surface area contributed by atoms with E-state index in [9.17, 15) is 9.46 Å². The number of phosphoric acid groups is 1. The van der Waals surface area contributed by atoms with Crippen LogP contribution in [0.2, 0.25) is 0 Å². The minimum Gasteiger partial charge on any atom is -0.746 e. The predicted molar refractivity (Wildman–Crippen MR) is 51.2 cm³/mol. The molecule has 1 aromatic rings. The van der Waals surface area contributed by atoms with Gasteiger partial charge in [-0.1, -0.05) is 17.7 Å². The molecule has 0 aromatic heterocycles. The van der Waals surface area contributed by atoms with E-state index in [1.165, 1.54) is 0 Å². The Balaban J connectivity index is 0.00000196. The SMILES string of the molecule is COP(=O)([O-])Oc1ccc(C)cc1C.[Li+]. The van der Waals surface area contributed by atoms with E-state index in [0.717, 1.165) is 18.2 Å². The fraction of sp³-hybridized carbons (Fsp3) is 0.333. The molecule has 0 N–H and O–H groups in total. The van der Waals surface area contributed by atoms with Gasteiger partial charge in [-0.25, -0.2) is 0 Å². The Bertz CT molecular complexity index is 380. The molecular weight excluding hydrogens is 210 g/mol. The Morgan fingerprint density at radius 3 is 2.40 bits per heavy atom. The van der Waals surface area contributed by atoms with Crippen LogP contribution in [0.3, 0.4) is 0 Å². The molecule has 0 aliphatic carbocycles. The quantitative estimate of drug-likeness (QED) is 0.476. The van der Waals surface area contributed by atoms with Gasteiger partial charge in [0, 0.05) is 7.11 Å². The van der Waals surface area contributed by atoms with Crippen LogP contribution in [0.1, 0.15) is 11.1 Å². The molecule has 78 valence electrons. The fourth-order valence-electron chi connectivity index (χ4n) is 1.06. The normalized spacial score (nSPS) is 13.9. The molecular formula is C9H12LiO4P. The van der Waals surface area contributed by atoms with Crippen LogP contribution >= 0.6 is 7.82 Å². The number of aryl methyl sites for hydroxylation is 2. The van der Waals surface area contributed by atoms with Crippen molar-refractivity contribution in [1.29, 1.82) is 0 Å². The molecule has 0 heterocycles. The molecule has 1 rings (SSSR count). The van der Waals surface area contributed by atoms with Crippen LogP contribution in [-0.2, 0) is 9.09 Å². The number of rotatable bonds is 3. The standard InChI is InChI=1S/C9H13O4P.Li/c1-7-4-5-9(8(2)6-7)13-14(10,11)12-3;/h4-6H,1-3H3,(H,10,11);/q;+1/p-1. The largest absolute Gasteiger partial charge is 1.00 e. The fourth-order valence-corrected chi connectivity index (χ4v) is 1.58. The summed E-state index contributed by atoms with van der Waals surface area (Å²) in [7, 11) is -3.12. The first kappa shape index (κ1) is 14.8. The van der Waals surface area contributed by atoms with Gasteiger partial charge < -0.3 is 13.9 Å². The molecule has 0 aliphatic rings. The minimum absolute atomic E-state index is 0. The molecule has 1 aromatic carbocycles. The van der Waals surface area contributed by atoms with Crippen molar-refractivity contribution in [3.8, 4) is 5.75 Å². The van der Waals surface area contributed by atoms with E-state index >= 15 is 0 Å². The summed E-state index contributed by atoms with van der Waals surface area (Å²) in [5, 5.41) is 0. The average Bonchev–Trinajstić information content (AvgIpc) is 2.10. The van der Waals surface area contributed by atoms with Gasteiger partial charge in [0.05, 0.1) is 0 Å². The molecule has 0 amide bonds. The van der Waals surface area contributed by atoms with Gasteiger partial charge in [0.15, 0.2) is 0 Å². The van der Waals surface area contributed by atoms with Gasteiger partial charge in [0.2, 0.25) is 0 Å². The Morgan fingerprint density at radius 2 is 1.93 bits per heavy atom. The van der Waals surface area contributed by atoms with Gasteiger partial charge in [-0.2, -0.15) is 0 Å². The summed E-state index contributed by atoms with van der Waals surface area (Å²) < 4.78 is 19.9. The summed E-state index contributed by atoms with van der Waals surface area (Å²) in [6.07, 6.45) is 0. The van der Waals surface area contributed by atoms with E-state index in [0.29, 0.717) is 5.75 Å². The average molecular weight is 222 g/mol. The number of hydrogen-bond acceptors (Lipinski definition) is 4. The van der Waals surface area contributed by atoms with Crippen molar-refractivity contribution in [3.63, 3.8) is 0 Å². The van der Waals surface area contributed by atoms with Crippen molar-refractivity contribution in [3.05, 3.63) is 29.3 Å². The number of hydrogen-bond donors (Lipinski definition) is 0. The van der Waals surface area contributed by atoms with Crippen molar-refractivity contribution < 1.29 is 37.4 Å². The Kier molecular flexibility index (Phi) is 5.65. The van der Waals surface area contributed by atoms with Crippen molar-refractivity contribution in [1.82, 2.24) is 0 Å². The maximum Gasteiger partial charge on any atom is 1.00 e. The summed E-state index contributed by atoms with van der Waals surface area (Å²) in [4.78, 5) is 11.0. The smallest absolute Gasteiger partial charge is 0.746 e. The topological polar surface area (TPSA) is 58.6 Å². The minimum atomic E-state index is -4.19. The first-order valence-electron chi connectivity index (χ1n) is 4.08. The van der Waals surface area contributed by atoms with E-state index in [1.54, 1.807) is 19.1 Å². The molecule has 4 nitrogen and oxygen atoms in total. The second kappa shape index (κ2) is 5.74. The van der Waals surface area contributed by atoms with Crippen LogP contribution in [-0.4, -0.2) is 7.11 Å². The summed E-state index contributed by atoms with van der Waals surface area (Å²) in [6.45, 7) is 3.70. The van der Waals surface area contributed by atoms with Gasteiger partial charge in [0.1, 0.15) is 5.75 Å². The van der Waals surface area contributed by atoms with Gasteiger partial charge in [-0.3, -0.25) is 4.57 Å². The monoisotopic (exact) mass is 222 g/mol. The van der Waals surface area contributed by atoms with E-state index in [2.05, 4.69) is 4.52 Å². The number of benzene rings is 1. The summed E-state index contributed by atoms with van der Waals surface area (Å²) in [5.41, 5.74) is 1.81. The maximum absolute atomic E-state index is 11.0. The first-order chi connectivity index (χ1) is 6.44. The predicted octanol–water partition coefficient (Wildman–Crippen LogP) is -1.20. The Hall–Kier alpha value is -0.233. The molecule has 0 bridgehead atoms. The van der Waals surface area contributed by atoms with Crippen LogP contribution in [0.25, 0.3) is 0 Å².